The molecule has 30 heavy (non-hydrogen) atoms. The van der Waals surface area contributed by atoms with Gasteiger partial charge < -0.3 is 10.1 Å². The molecule has 3 rings (SSSR count). The van der Waals surface area contributed by atoms with Crippen LogP contribution in [0.25, 0.3) is 5.69 Å². The second-order valence-electron chi connectivity index (χ2n) is 5.92. The monoisotopic (exact) mass is 441 g/mol. The number of para-hydroxylation sites is 1. The van der Waals surface area contributed by atoms with E-state index in [2.05, 4.69) is 10.4 Å². The first-order valence-electron chi connectivity index (χ1n) is 8.15. The molecule has 0 spiro atoms. The highest BCUT2D eigenvalue weighted by Crippen LogP contribution is 2.33. The molecule has 1 N–H and O–H groups in total. The summed E-state index contributed by atoms with van der Waals surface area (Å²) in [4.78, 5) is 12.1. The molecule has 12 heteroatoms. The van der Waals surface area contributed by atoms with E-state index in [1.165, 1.54) is 18.2 Å². The summed E-state index contributed by atoms with van der Waals surface area (Å²) in [5.74, 6) is -3.45. The SMILES string of the molecule is [B]c1cc(F)cc(F)c1NC(=O)COc1cc(C(F)(F)F)nn1-c1ccccc1Cl. The number of nitrogens with zero attached hydrogens (tertiary/aromatic N) is 2. The standard InChI is InChI=1S/C18H10BClF5N3O2/c19-10-5-9(21)6-12(22)17(10)26-15(29)8-30-16-7-14(18(23,24)25)27-28(16)13-4-2-1-3-11(13)20/h1-7H,8H2,(H,26,29). The van der Waals surface area contributed by atoms with Crippen LogP contribution in [0.5, 0.6) is 5.88 Å². The van der Waals surface area contributed by atoms with Crippen molar-refractivity contribution < 1.29 is 31.5 Å². The molecule has 0 unspecified atom stereocenters. The highest BCUT2D eigenvalue weighted by Gasteiger charge is 2.36. The van der Waals surface area contributed by atoms with Gasteiger partial charge in [-0.15, -0.1) is 0 Å². The number of carbonyl (C=O) groups excluding carboxylic acids is 1. The Hall–Kier alpha value is -3.08. The molecule has 0 aliphatic rings. The molecule has 3 aromatic rings. The maximum absolute atomic E-state index is 13.8. The largest absolute Gasteiger partial charge is 0.467 e. The summed E-state index contributed by atoms with van der Waals surface area (Å²) >= 11 is 6.01. The molecule has 0 atom stereocenters. The zero-order valence-electron chi connectivity index (χ0n) is 14.8. The Kier molecular flexibility index (Phi) is 6.02. The van der Waals surface area contributed by atoms with Crippen molar-refractivity contribution in [2.75, 3.05) is 11.9 Å². The van der Waals surface area contributed by atoms with Gasteiger partial charge in [-0.05, 0) is 18.2 Å². The Bertz CT molecular complexity index is 1080. The number of benzene rings is 2. The predicted octanol–water partition coefficient (Wildman–Crippen LogP) is 3.63. The third-order valence-electron chi connectivity index (χ3n) is 3.75. The van der Waals surface area contributed by atoms with E-state index >= 15 is 0 Å². The first kappa shape index (κ1) is 21.6. The highest BCUT2D eigenvalue weighted by molar-refractivity contribution is 6.36. The van der Waals surface area contributed by atoms with Crippen molar-refractivity contribution in [1.82, 2.24) is 9.78 Å². The average Bonchev–Trinajstić information content (AvgIpc) is 3.08. The van der Waals surface area contributed by atoms with Crippen LogP contribution in [0.15, 0.2) is 42.5 Å². The summed E-state index contributed by atoms with van der Waals surface area (Å²) < 4.78 is 72.0. The van der Waals surface area contributed by atoms with Crippen LogP contribution in [0, 0.1) is 11.6 Å². The minimum atomic E-state index is -4.78. The zero-order valence-corrected chi connectivity index (χ0v) is 15.6. The van der Waals surface area contributed by atoms with Crippen molar-refractivity contribution in [2.24, 2.45) is 0 Å². The maximum atomic E-state index is 13.8. The molecule has 1 heterocycles. The van der Waals surface area contributed by atoms with Crippen molar-refractivity contribution in [3.8, 4) is 11.6 Å². The van der Waals surface area contributed by atoms with Crippen LogP contribution >= 0.6 is 11.6 Å². The van der Waals surface area contributed by atoms with E-state index in [0.29, 0.717) is 12.1 Å². The van der Waals surface area contributed by atoms with E-state index in [0.717, 1.165) is 10.7 Å². The molecule has 1 amide bonds. The van der Waals surface area contributed by atoms with E-state index < -0.39 is 47.6 Å². The fourth-order valence-electron chi connectivity index (χ4n) is 2.44. The Morgan fingerprint density at radius 3 is 2.53 bits per heavy atom. The van der Waals surface area contributed by atoms with Crippen LogP contribution in [-0.4, -0.2) is 30.1 Å². The van der Waals surface area contributed by atoms with Crippen molar-refractivity contribution in [2.45, 2.75) is 6.18 Å². The summed E-state index contributed by atoms with van der Waals surface area (Å²) in [6.45, 7) is -0.816. The van der Waals surface area contributed by atoms with Gasteiger partial charge in [0.2, 0.25) is 5.88 Å². The fraction of sp³-hybridized carbons (Fsp3) is 0.111. The molecule has 0 saturated heterocycles. The summed E-state index contributed by atoms with van der Waals surface area (Å²) in [5.41, 5.74) is -2.05. The topological polar surface area (TPSA) is 56.1 Å². The Labute approximate surface area is 172 Å². The number of aromatic nitrogens is 2. The summed E-state index contributed by atoms with van der Waals surface area (Å²) in [6.07, 6.45) is -4.78. The Balaban J connectivity index is 1.83. The molecule has 2 aromatic carbocycles. The number of carbonyl (C=O) groups is 1. The number of hydrogen-bond donors (Lipinski definition) is 1. The third kappa shape index (κ3) is 4.73. The molecular formula is C18H10BClF5N3O2. The molecule has 0 bridgehead atoms. The minimum absolute atomic E-state index is 0.0823. The van der Waals surface area contributed by atoms with Crippen molar-refractivity contribution >= 4 is 36.5 Å². The van der Waals surface area contributed by atoms with E-state index in [4.69, 9.17) is 24.2 Å². The van der Waals surface area contributed by atoms with Gasteiger partial charge in [0.1, 0.15) is 19.5 Å². The molecule has 1 aromatic heterocycles. The van der Waals surface area contributed by atoms with Gasteiger partial charge in [-0.3, -0.25) is 4.79 Å². The van der Waals surface area contributed by atoms with Gasteiger partial charge in [0, 0.05) is 12.1 Å². The summed E-state index contributed by atoms with van der Waals surface area (Å²) in [5, 5.41) is 5.60. The van der Waals surface area contributed by atoms with Crippen molar-refractivity contribution in [1.29, 1.82) is 0 Å². The first-order chi connectivity index (χ1) is 14.1. The molecule has 0 fully saturated rings. The number of anilines is 1. The Morgan fingerprint density at radius 2 is 1.90 bits per heavy atom. The molecular weight excluding hydrogens is 431 g/mol. The zero-order chi connectivity index (χ0) is 22.1. The van der Waals surface area contributed by atoms with Gasteiger partial charge in [-0.25, -0.2) is 8.78 Å². The van der Waals surface area contributed by atoms with Gasteiger partial charge in [0.05, 0.1) is 16.4 Å². The van der Waals surface area contributed by atoms with Crippen LogP contribution < -0.4 is 15.5 Å². The molecule has 0 aliphatic carbocycles. The Morgan fingerprint density at radius 1 is 1.20 bits per heavy atom. The van der Waals surface area contributed by atoms with Gasteiger partial charge in [0.25, 0.3) is 5.91 Å². The minimum Gasteiger partial charge on any atom is -0.467 e. The van der Waals surface area contributed by atoms with E-state index in [1.54, 1.807) is 6.07 Å². The van der Waals surface area contributed by atoms with Gasteiger partial charge in [-0.1, -0.05) is 29.2 Å². The lowest BCUT2D eigenvalue weighted by Crippen LogP contribution is -2.25. The lowest BCUT2D eigenvalue weighted by atomic mass is 9.93. The second-order valence-corrected chi connectivity index (χ2v) is 6.32. The number of nitrogens with one attached hydrogen (secondary N) is 1. The van der Waals surface area contributed by atoms with Gasteiger partial charge >= 0.3 is 6.18 Å². The normalized spacial score (nSPS) is 11.4. The highest BCUT2D eigenvalue weighted by atomic mass is 35.5. The van der Waals surface area contributed by atoms with Gasteiger partial charge in [0.15, 0.2) is 12.3 Å². The molecule has 2 radical (unpaired) electrons. The van der Waals surface area contributed by atoms with Crippen LogP contribution in [0.1, 0.15) is 5.69 Å². The second kappa shape index (κ2) is 8.35. The maximum Gasteiger partial charge on any atom is 0.435 e. The van der Waals surface area contributed by atoms with Crippen LogP contribution in [0.2, 0.25) is 5.02 Å². The summed E-state index contributed by atoms with van der Waals surface area (Å²) in [6, 6.07) is 7.81. The number of rotatable bonds is 5. The lowest BCUT2D eigenvalue weighted by Gasteiger charge is -2.12. The number of ether oxygens (including phenoxy) is 1. The number of amides is 1. The smallest absolute Gasteiger partial charge is 0.435 e. The lowest BCUT2D eigenvalue weighted by molar-refractivity contribution is -0.141. The number of halogens is 6. The molecule has 0 saturated carbocycles. The van der Waals surface area contributed by atoms with Crippen LogP contribution in [-0.2, 0) is 11.0 Å². The molecule has 5 nitrogen and oxygen atoms in total. The molecule has 0 aliphatic heterocycles. The first-order valence-corrected chi connectivity index (χ1v) is 8.53. The van der Waals surface area contributed by atoms with Gasteiger partial charge in [-0.2, -0.15) is 23.0 Å². The average molecular weight is 442 g/mol. The molecule has 154 valence electrons. The van der Waals surface area contributed by atoms with Crippen molar-refractivity contribution in [3.63, 3.8) is 0 Å². The van der Waals surface area contributed by atoms with E-state index in [1.807, 2.05) is 0 Å². The van der Waals surface area contributed by atoms with Crippen molar-refractivity contribution in [3.05, 3.63) is 64.8 Å². The van der Waals surface area contributed by atoms with Crippen LogP contribution in [0.4, 0.5) is 27.6 Å². The van der Waals surface area contributed by atoms with E-state index in [9.17, 15) is 26.7 Å². The predicted molar refractivity (Wildman–Crippen MR) is 99.4 cm³/mol. The number of alkyl halides is 3. The quantitative estimate of drug-likeness (QED) is 0.486. The van der Waals surface area contributed by atoms with Crippen LogP contribution in [0.3, 0.4) is 0 Å². The third-order valence-corrected chi connectivity index (χ3v) is 4.07. The van der Waals surface area contributed by atoms with E-state index in [-0.39, 0.29) is 16.2 Å². The summed E-state index contributed by atoms with van der Waals surface area (Å²) in [7, 11) is 5.46. The fourth-order valence-corrected chi connectivity index (χ4v) is 2.66. The number of hydrogen-bond acceptors (Lipinski definition) is 3.